The summed E-state index contributed by atoms with van der Waals surface area (Å²) in [5, 5.41) is 3.44. The van der Waals surface area contributed by atoms with Crippen LogP contribution in [0.5, 0.6) is 0 Å². The van der Waals surface area contributed by atoms with Gasteiger partial charge >= 0.3 is 0 Å². The Bertz CT molecular complexity index is 411. The van der Waals surface area contributed by atoms with Crippen LogP contribution in [-0.2, 0) is 0 Å². The summed E-state index contributed by atoms with van der Waals surface area (Å²) < 4.78 is 0. The van der Waals surface area contributed by atoms with Gasteiger partial charge in [0.1, 0.15) is 12.1 Å². The van der Waals surface area contributed by atoms with E-state index in [2.05, 4.69) is 53.9 Å². The third kappa shape index (κ3) is 3.92. The van der Waals surface area contributed by atoms with Crippen molar-refractivity contribution in [2.24, 2.45) is 5.92 Å². The highest BCUT2D eigenvalue weighted by Gasteiger charge is 2.20. The highest BCUT2D eigenvalue weighted by atomic mass is 15.2. The second-order valence-electron chi connectivity index (χ2n) is 6.40. The summed E-state index contributed by atoms with van der Waals surface area (Å²) in [6.07, 6.45) is 4.25. The lowest BCUT2D eigenvalue weighted by Crippen LogP contribution is -2.40. The van der Waals surface area contributed by atoms with Gasteiger partial charge in [-0.05, 0) is 51.6 Å². The standard InChI is InChI=1S/C16H28N4/c1-12(2)15-9-16(19-11-18-15)20(13(3)4)10-14-5-7-17-8-6-14/h9,11-14,17H,5-8,10H2,1-4H3. The number of piperidine rings is 1. The fourth-order valence-electron chi connectivity index (χ4n) is 2.75. The van der Waals surface area contributed by atoms with E-state index in [0.717, 1.165) is 37.1 Å². The molecular formula is C16H28N4. The Morgan fingerprint density at radius 2 is 1.90 bits per heavy atom. The van der Waals surface area contributed by atoms with Gasteiger partial charge in [0.2, 0.25) is 0 Å². The van der Waals surface area contributed by atoms with Gasteiger partial charge in [0.25, 0.3) is 0 Å². The lowest BCUT2D eigenvalue weighted by atomic mass is 9.97. The van der Waals surface area contributed by atoms with Gasteiger partial charge in [-0.15, -0.1) is 0 Å². The quantitative estimate of drug-likeness (QED) is 0.898. The Balaban J connectivity index is 2.13. The van der Waals surface area contributed by atoms with Gasteiger partial charge in [-0.3, -0.25) is 0 Å². The molecule has 112 valence electrons. The predicted octanol–water partition coefficient (Wildman–Crippen LogP) is 2.81. The van der Waals surface area contributed by atoms with Crippen molar-refractivity contribution >= 4 is 5.82 Å². The van der Waals surface area contributed by atoms with Gasteiger partial charge < -0.3 is 10.2 Å². The minimum Gasteiger partial charge on any atom is -0.354 e. The minimum atomic E-state index is 0.449. The maximum atomic E-state index is 4.51. The molecule has 0 aromatic carbocycles. The number of nitrogens with one attached hydrogen (secondary N) is 1. The lowest BCUT2D eigenvalue weighted by molar-refractivity contribution is 0.367. The molecule has 0 atom stereocenters. The molecule has 0 amide bonds. The van der Waals surface area contributed by atoms with Gasteiger partial charge in [-0.1, -0.05) is 13.8 Å². The zero-order chi connectivity index (χ0) is 14.5. The molecule has 2 heterocycles. The third-order valence-corrected chi connectivity index (χ3v) is 4.10. The predicted molar refractivity (Wildman–Crippen MR) is 84.2 cm³/mol. The van der Waals surface area contributed by atoms with Crippen molar-refractivity contribution in [2.75, 3.05) is 24.5 Å². The molecule has 0 saturated carbocycles. The average Bonchev–Trinajstić information content (AvgIpc) is 2.45. The Kier molecular flexibility index (Phi) is 5.35. The zero-order valence-corrected chi connectivity index (χ0v) is 13.3. The molecule has 0 aliphatic carbocycles. The second-order valence-corrected chi connectivity index (χ2v) is 6.40. The van der Waals surface area contributed by atoms with E-state index in [1.165, 1.54) is 12.8 Å². The van der Waals surface area contributed by atoms with E-state index >= 15 is 0 Å². The summed E-state index contributed by atoms with van der Waals surface area (Å²) >= 11 is 0. The van der Waals surface area contributed by atoms with E-state index in [1.807, 2.05) is 0 Å². The third-order valence-electron chi connectivity index (χ3n) is 4.10. The molecule has 0 radical (unpaired) electrons. The molecule has 1 aromatic heterocycles. The van der Waals surface area contributed by atoms with E-state index in [1.54, 1.807) is 6.33 Å². The number of nitrogens with zero attached hydrogens (tertiary/aromatic N) is 3. The van der Waals surface area contributed by atoms with Crippen LogP contribution in [-0.4, -0.2) is 35.6 Å². The number of anilines is 1. The van der Waals surface area contributed by atoms with Crippen LogP contribution in [0.3, 0.4) is 0 Å². The van der Waals surface area contributed by atoms with Crippen LogP contribution in [0, 0.1) is 5.92 Å². The molecule has 20 heavy (non-hydrogen) atoms. The van der Waals surface area contributed by atoms with Crippen LogP contribution in [0.1, 0.15) is 52.1 Å². The number of rotatable bonds is 5. The first-order valence-corrected chi connectivity index (χ1v) is 7.87. The minimum absolute atomic E-state index is 0.449. The number of aromatic nitrogens is 2. The highest BCUT2D eigenvalue weighted by molar-refractivity contribution is 5.40. The van der Waals surface area contributed by atoms with E-state index < -0.39 is 0 Å². The first kappa shape index (κ1) is 15.2. The van der Waals surface area contributed by atoms with E-state index in [0.29, 0.717) is 12.0 Å². The van der Waals surface area contributed by atoms with Crippen molar-refractivity contribution in [3.05, 3.63) is 18.1 Å². The molecule has 0 spiro atoms. The van der Waals surface area contributed by atoms with Gasteiger partial charge in [-0.2, -0.15) is 0 Å². The lowest BCUT2D eigenvalue weighted by Gasteiger charge is -2.33. The molecule has 2 rings (SSSR count). The van der Waals surface area contributed by atoms with Crippen LogP contribution in [0.15, 0.2) is 12.4 Å². The molecule has 1 N–H and O–H groups in total. The molecule has 0 bridgehead atoms. The molecule has 1 aromatic rings. The topological polar surface area (TPSA) is 41.0 Å². The molecule has 1 aliphatic heterocycles. The Morgan fingerprint density at radius 3 is 2.50 bits per heavy atom. The van der Waals surface area contributed by atoms with Crippen molar-refractivity contribution in [3.63, 3.8) is 0 Å². The second kappa shape index (κ2) is 7.02. The van der Waals surface area contributed by atoms with Crippen LogP contribution < -0.4 is 10.2 Å². The Morgan fingerprint density at radius 1 is 1.20 bits per heavy atom. The first-order valence-electron chi connectivity index (χ1n) is 7.87. The van der Waals surface area contributed by atoms with Crippen molar-refractivity contribution in [2.45, 2.75) is 52.5 Å². The maximum Gasteiger partial charge on any atom is 0.132 e. The molecule has 0 unspecified atom stereocenters. The molecule has 1 fully saturated rings. The fourth-order valence-corrected chi connectivity index (χ4v) is 2.75. The van der Waals surface area contributed by atoms with Gasteiger partial charge in [0.15, 0.2) is 0 Å². The summed E-state index contributed by atoms with van der Waals surface area (Å²) in [6.45, 7) is 12.3. The zero-order valence-electron chi connectivity index (χ0n) is 13.3. The fraction of sp³-hybridized carbons (Fsp3) is 0.750. The first-order chi connectivity index (χ1) is 9.58. The molecular weight excluding hydrogens is 248 g/mol. The van der Waals surface area contributed by atoms with E-state index in [9.17, 15) is 0 Å². The molecule has 1 saturated heterocycles. The Hall–Kier alpha value is -1.16. The maximum absolute atomic E-state index is 4.51. The molecule has 4 heteroatoms. The van der Waals surface area contributed by atoms with E-state index in [4.69, 9.17) is 0 Å². The Labute approximate surface area is 123 Å². The summed E-state index contributed by atoms with van der Waals surface area (Å²) in [6, 6.07) is 2.63. The van der Waals surface area contributed by atoms with Crippen molar-refractivity contribution < 1.29 is 0 Å². The van der Waals surface area contributed by atoms with Crippen molar-refractivity contribution in [1.29, 1.82) is 0 Å². The summed E-state index contributed by atoms with van der Waals surface area (Å²) in [5.74, 6) is 2.30. The molecule has 1 aliphatic rings. The SMILES string of the molecule is CC(C)c1cc(N(CC2CCNCC2)C(C)C)ncn1. The van der Waals surface area contributed by atoms with Crippen LogP contribution >= 0.6 is 0 Å². The van der Waals surface area contributed by atoms with Crippen molar-refractivity contribution in [3.8, 4) is 0 Å². The van der Waals surface area contributed by atoms with E-state index in [-0.39, 0.29) is 0 Å². The number of hydrogen-bond acceptors (Lipinski definition) is 4. The normalized spacial score (nSPS) is 16.9. The molecule has 4 nitrogen and oxygen atoms in total. The van der Waals surface area contributed by atoms with Crippen LogP contribution in [0.2, 0.25) is 0 Å². The summed E-state index contributed by atoms with van der Waals surface area (Å²) in [7, 11) is 0. The smallest absolute Gasteiger partial charge is 0.132 e. The van der Waals surface area contributed by atoms with Gasteiger partial charge in [-0.25, -0.2) is 9.97 Å². The summed E-state index contributed by atoms with van der Waals surface area (Å²) in [5.41, 5.74) is 1.13. The van der Waals surface area contributed by atoms with Crippen molar-refractivity contribution in [1.82, 2.24) is 15.3 Å². The highest BCUT2D eigenvalue weighted by Crippen LogP contribution is 2.22. The average molecular weight is 276 g/mol. The van der Waals surface area contributed by atoms with Gasteiger partial charge in [0.05, 0.1) is 0 Å². The van der Waals surface area contributed by atoms with Crippen LogP contribution in [0.4, 0.5) is 5.82 Å². The summed E-state index contributed by atoms with van der Waals surface area (Å²) in [4.78, 5) is 11.3. The van der Waals surface area contributed by atoms with Crippen LogP contribution in [0.25, 0.3) is 0 Å². The largest absolute Gasteiger partial charge is 0.354 e. The number of hydrogen-bond donors (Lipinski definition) is 1. The van der Waals surface area contributed by atoms with Gasteiger partial charge in [0, 0.05) is 24.3 Å². The monoisotopic (exact) mass is 276 g/mol.